The topological polar surface area (TPSA) is 112 Å². The van der Waals surface area contributed by atoms with Crippen LogP contribution in [-0.4, -0.2) is 31.9 Å². The Morgan fingerprint density at radius 2 is 1.81 bits per heavy atom. The summed E-state index contributed by atoms with van der Waals surface area (Å²) in [7, 11) is 0. The average Bonchev–Trinajstić information content (AvgIpc) is 3.33. The Balaban J connectivity index is 1.33. The van der Waals surface area contributed by atoms with Crippen LogP contribution in [0.4, 0.5) is 11.6 Å². The number of nitrogens with one attached hydrogen (secondary N) is 3. The van der Waals surface area contributed by atoms with Gasteiger partial charge in [0.1, 0.15) is 0 Å². The van der Waals surface area contributed by atoms with Gasteiger partial charge in [-0.3, -0.25) is 9.78 Å². The summed E-state index contributed by atoms with van der Waals surface area (Å²) >= 11 is 0. The monoisotopic (exact) mass is 427 g/mol. The van der Waals surface area contributed by atoms with E-state index in [0.717, 1.165) is 11.1 Å². The summed E-state index contributed by atoms with van der Waals surface area (Å²) in [6, 6.07) is 23.2. The smallest absolute Gasteiger partial charge is 0.349 e. The molecule has 8 nitrogen and oxygen atoms in total. The lowest BCUT2D eigenvalue weighted by Crippen LogP contribution is -2.33. The number of anilines is 2. The number of aliphatic hydroxyl groups is 1. The summed E-state index contributed by atoms with van der Waals surface area (Å²) in [5, 5.41) is 20.6. The van der Waals surface area contributed by atoms with Gasteiger partial charge in [0.2, 0.25) is 5.95 Å². The highest BCUT2D eigenvalue weighted by atomic mass is 16.3. The van der Waals surface area contributed by atoms with Gasteiger partial charge in [-0.25, -0.2) is 4.79 Å². The number of rotatable bonds is 5. The molecule has 4 N–H and O–H groups in total. The van der Waals surface area contributed by atoms with Gasteiger partial charge in [-0.05, 0) is 41.5 Å². The Bertz CT molecular complexity index is 1330. The molecule has 1 heterocycles. The number of carbonyl (C=O) groups is 1. The van der Waals surface area contributed by atoms with Crippen LogP contribution < -0.4 is 16.3 Å². The van der Waals surface area contributed by atoms with Gasteiger partial charge < -0.3 is 15.7 Å². The largest absolute Gasteiger partial charge is 0.390 e. The molecular weight excluding hydrogens is 406 g/mol. The molecular formula is C24H21N5O3. The quantitative estimate of drug-likeness (QED) is 0.391. The minimum Gasteiger partial charge on any atom is -0.390 e. The van der Waals surface area contributed by atoms with Crippen LogP contribution in [0.25, 0.3) is 5.69 Å². The standard InChI is InChI=1S/C24H21N5O3/c30-20-14-15-7-4-5-12-19(15)21(20)26-22(31)16-8-6-9-17(13-16)25-23-27-24(32)29(28-23)18-10-2-1-3-11-18/h1-13,20-21,30H,14H2,(H,26,31)(H2,25,27,28,32)/t20-,21+/m0/s1. The molecule has 0 unspecified atom stereocenters. The van der Waals surface area contributed by atoms with E-state index >= 15 is 0 Å². The summed E-state index contributed by atoms with van der Waals surface area (Å²) in [6.45, 7) is 0. The third-order valence-electron chi connectivity index (χ3n) is 5.50. The van der Waals surface area contributed by atoms with Crippen LogP contribution >= 0.6 is 0 Å². The third kappa shape index (κ3) is 3.79. The number of nitrogens with zero attached hydrogens (tertiary/aromatic N) is 2. The highest BCUT2D eigenvalue weighted by Crippen LogP contribution is 2.31. The molecule has 4 aromatic rings. The van der Waals surface area contributed by atoms with Gasteiger partial charge in [-0.2, -0.15) is 4.68 Å². The van der Waals surface area contributed by atoms with Crippen LogP contribution in [0.2, 0.25) is 0 Å². The first kappa shape index (κ1) is 19.8. The number of hydrogen-bond donors (Lipinski definition) is 4. The molecule has 0 fully saturated rings. The average molecular weight is 427 g/mol. The van der Waals surface area contributed by atoms with E-state index < -0.39 is 12.1 Å². The number of aromatic amines is 1. The summed E-state index contributed by atoms with van der Waals surface area (Å²) in [5.41, 5.74) is 3.27. The molecule has 8 heteroatoms. The van der Waals surface area contributed by atoms with E-state index in [1.165, 1.54) is 4.68 Å². The van der Waals surface area contributed by atoms with Crippen molar-refractivity contribution in [1.82, 2.24) is 20.1 Å². The summed E-state index contributed by atoms with van der Waals surface area (Å²) in [6.07, 6.45) is -0.148. The first-order chi connectivity index (χ1) is 15.6. The molecule has 1 amide bonds. The third-order valence-corrected chi connectivity index (χ3v) is 5.50. The van der Waals surface area contributed by atoms with Crippen molar-refractivity contribution >= 4 is 17.5 Å². The molecule has 1 aliphatic carbocycles. The molecule has 3 aromatic carbocycles. The van der Waals surface area contributed by atoms with E-state index in [4.69, 9.17) is 0 Å². The molecule has 0 bridgehead atoms. The Morgan fingerprint density at radius 3 is 2.66 bits per heavy atom. The van der Waals surface area contributed by atoms with Crippen molar-refractivity contribution in [2.45, 2.75) is 18.6 Å². The maximum absolute atomic E-state index is 12.9. The highest BCUT2D eigenvalue weighted by molar-refractivity contribution is 5.95. The van der Waals surface area contributed by atoms with Crippen molar-refractivity contribution in [2.24, 2.45) is 0 Å². The Kier molecular flexibility index (Phi) is 5.04. The van der Waals surface area contributed by atoms with Crippen molar-refractivity contribution < 1.29 is 9.90 Å². The molecule has 2 atom stereocenters. The van der Waals surface area contributed by atoms with Gasteiger partial charge in [0.05, 0.1) is 17.8 Å². The van der Waals surface area contributed by atoms with E-state index in [1.54, 1.807) is 36.4 Å². The van der Waals surface area contributed by atoms with Gasteiger partial charge in [0, 0.05) is 17.7 Å². The molecule has 0 saturated carbocycles. The van der Waals surface area contributed by atoms with E-state index in [0.29, 0.717) is 23.4 Å². The zero-order valence-electron chi connectivity index (χ0n) is 17.0. The lowest BCUT2D eigenvalue weighted by Gasteiger charge is -2.18. The van der Waals surface area contributed by atoms with Crippen molar-refractivity contribution in [1.29, 1.82) is 0 Å². The molecule has 0 radical (unpaired) electrons. The number of benzene rings is 3. The van der Waals surface area contributed by atoms with Gasteiger partial charge in [0.25, 0.3) is 5.91 Å². The molecule has 32 heavy (non-hydrogen) atoms. The number of amides is 1. The molecule has 0 spiro atoms. The first-order valence-electron chi connectivity index (χ1n) is 10.3. The van der Waals surface area contributed by atoms with Crippen molar-refractivity contribution in [3.8, 4) is 5.69 Å². The minimum absolute atomic E-state index is 0.261. The number of carbonyl (C=O) groups excluding carboxylic acids is 1. The lowest BCUT2D eigenvalue weighted by molar-refractivity contribution is 0.0858. The molecule has 160 valence electrons. The number of H-pyrrole nitrogens is 1. The fraction of sp³-hybridized carbons (Fsp3) is 0.125. The van der Waals surface area contributed by atoms with E-state index in [1.807, 2.05) is 42.5 Å². The minimum atomic E-state index is -0.662. The second-order valence-electron chi connectivity index (χ2n) is 7.65. The van der Waals surface area contributed by atoms with E-state index in [-0.39, 0.29) is 17.5 Å². The van der Waals surface area contributed by atoms with Gasteiger partial charge in [-0.15, -0.1) is 5.10 Å². The molecule has 0 aliphatic heterocycles. The van der Waals surface area contributed by atoms with E-state index in [2.05, 4.69) is 20.7 Å². The van der Waals surface area contributed by atoms with Crippen LogP contribution in [0.15, 0.2) is 83.7 Å². The van der Waals surface area contributed by atoms with Crippen LogP contribution in [0.1, 0.15) is 27.5 Å². The second kappa shape index (κ2) is 8.16. The predicted octanol–water partition coefficient (Wildman–Crippen LogP) is 2.69. The molecule has 1 aromatic heterocycles. The Hall–Kier alpha value is -4.17. The Labute approximate surface area is 183 Å². The summed E-state index contributed by atoms with van der Waals surface area (Å²) < 4.78 is 1.26. The molecule has 5 rings (SSSR count). The van der Waals surface area contributed by atoms with Crippen LogP contribution in [0.3, 0.4) is 0 Å². The molecule has 1 aliphatic rings. The zero-order chi connectivity index (χ0) is 22.1. The van der Waals surface area contributed by atoms with Gasteiger partial charge >= 0.3 is 5.69 Å². The van der Waals surface area contributed by atoms with Gasteiger partial charge in [0.15, 0.2) is 0 Å². The maximum atomic E-state index is 12.9. The van der Waals surface area contributed by atoms with Crippen molar-refractivity contribution in [3.63, 3.8) is 0 Å². The number of para-hydroxylation sites is 1. The first-order valence-corrected chi connectivity index (χ1v) is 10.3. The highest BCUT2D eigenvalue weighted by Gasteiger charge is 2.32. The van der Waals surface area contributed by atoms with E-state index in [9.17, 15) is 14.7 Å². The number of aliphatic hydroxyl groups excluding tert-OH is 1. The van der Waals surface area contributed by atoms with Crippen molar-refractivity contribution in [3.05, 3.63) is 106 Å². The summed E-state index contributed by atoms with van der Waals surface area (Å²) in [4.78, 5) is 27.8. The van der Waals surface area contributed by atoms with Crippen molar-refractivity contribution in [2.75, 3.05) is 5.32 Å². The number of aromatic nitrogens is 3. The Morgan fingerprint density at radius 1 is 1.03 bits per heavy atom. The summed E-state index contributed by atoms with van der Waals surface area (Å²) in [5.74, 6) is -0.0331. The maximum Gasteiger partial charge on any atom is 0.349 e. The lowest BCUT2D eigenvalue weighted by atomic mass is 10.1. The van der Waals surface area contributed by atoms with Crippen LogP contribution in [0, 0.1) is 0 Å². The fourth-order valence-electron chi connectivity index (χ4n) is 3.97. The second-order valence-corrected chi connectivity index (χ2v) is 7.65. The van der Waals surface area contributed by atoms with Crippen LogP contribution in [0.5, 0.6) is 0 Å². The predicted molar refractivity (Wildman–Crippen MR) is 120 cm³/mol. The number of hydrogen-bond acceptors (Lipinski definition) is 5. The zero-order valence-corrected chi connectivity index (χ0v) is 17.0. The number of fused-ring (bicyclic) bond motifs is 1. The molecule has 0 saturated heterocycles. The SMILES string of the molecule is O=C(N[C@@H]1c2ccccc2C[C@@H]1O)c1cccc(Nc2nn(-c3ccccc3)c(=O)[nH]2)c1. The normalized spacial score (nSPS) is 17.0. The van der Waals surface area contributed by atoms with Crippen LogP contribution in [-0.2, 0) is 6.42 Å². The van der Waals surface area contributed by atoms with Gasteiger partial charge in [-0.1, -0.05) is 48.5 Å². The fourth-order valence-corrected chi connectivity index (χ4v) is 3.97.